The van der Waals surface area contributed by atoms with Gasteiger partial charge in [0.15, 0.2) is 5.96 Å². The molecule has 2 aliphatic carbocycles. The van der Waals surface area contributed by atoms with Crippen molar-refractivity contribution in [2.75, 3.05) is 40.4 Å². The first-order valence-corrected chi connectivity index (χ1v) is 9.71. The lowest BCUT2D eigenvalue weighted by molar-refractivity contribution is 0.138. The van der Waals surface area contributed by atoms with E-state index in [2.05, 4.69) is 15.2 Å². The molecule has 0 aromatic heterocycles. The second-order valence-corrected chi connectivity index (χ2v) is 8.06. The van der Waals surface area contributed by atoms with E-state index in [-0.39, 0.29) is 24.0 Å². The van der Waals surface area contributed by atoms with E-state index in [0.29, 0.717) is 5.41 Å². The lowest BCUT2D eigenvalue weighted by atomic mass is 9.82. The van der Waals surface area contributed by atoms with Crippen LogP contribution >= 0.6 is 24.0 Å². The SMILES string of the molecule is CN=C(NCC1(CCOC)CCCC1)N1CC2CCCCC2C1.I. The van der Waals surface area contributed by atoms with E-state index in [1.807, 2.05) is 14.2 Å². The fourth-order valence-corrected chi connectivity index (χ4v) is 5.14. The quantitative estimate of drug-likeness (QED) is 0.393. The van der Waals surface area contributed by atoms with Gasteiger partial charge in [0.2, 0.25) is 0 Å². The number of nitrogens with zero attached hydrogens (tertiary/aromatic N) is 2. The summed E-state index contributed by atoms with van der Waals surface area (Å²) < 4.78 is 5.36. The van der Waals surface area contributed by atoms with Crippen molar-refractivity contribution >= 4 is 29.9 Å². The van der Waals surface area contributed by atoms with Crippen LogP contribution < -0.4 is 5.32 Å². The van der Waals surface area contributed by atoms with Gasteiger partial charge in [-0.1, -0.05) is 25.7 Å². The van der Waals surface area contributed by atoms with Crippen molar-refractivity contribution in [2.45, 2.75) is 57.8 Å². The molecule has 3 aliphatic rings. The van der Waals surface area contributed by atoms with Crippen LogP contribution in [0.25, 0.3) is 0 Å². The highest BCUT2D eigenvalue weighted by Gasteiger charge is 2.37. The van der Waals surface area contributed by atoms with Gasteiger partial charge in [0, 0.05) is 40.4 Å². The molecule has 1 saturated heterocycles. The Hall–Kier alpha value is -0.0400. The molecule has 2 unspecified atom stereocenters. The Balaban J connectivity index is 0.00000208. The number of aliphatic imine (C=N–C) groups is 1. The van der Waals surface area contributed by atoms with E-state index < -0.39 is 0 Å². The molecular formula is C19H36IN3O. The standard InChI is InChI=1S/C19H35N3O.HI/c1-20-18(22-13-16-7-3-4-8-17(16)14-22)21-15-19(11-12-23-2)9-5-6-10-19;/h16-17H,3-15H2,1-2H3,(H,20,21);1H. The van der Waals surface area contributed by atoms with Crippen molar-refractivity contribution in [3.05, 3.63) is 0 Å². The molecule has 1 heterocycles. The molecule has 2 atom stereocenters. The van der Waals surface area contributed by atoms with Crippen LogP contribution in [0.15, 0.2) is 4.99 Å². The summed E-state index contributed by atoms with van der Waals surface area (Å²) in [4.78, 5) is 7.13. The Morgan fingerprint density at radius 2 is 1.75 bits per heavy atom. The van der Waals surface area contributed by atoms with Crippen LogP contribution in [0.1, 0.15) is 57.8 Å². The average Bonchev–Trinajstić information content (AvgIpc) is 3.21. The van der Waals surface area contributed by atoms with Crippen LogP contribution in [0, 0.1) is 17.3 Å². The van der Waals surface area contributed by atoms with Gasteiger partial charge in [0.1, 0.15) is 0 Å². The van der Waals surface area contributed by atoms with E-state index in [9.17, 15) is 0 Å². The van der Waals surface area contributed by atoms with Crippen molar-refractivity contribution in [2.24, 2.45) is 22.2 Å². The monoisotopic (exact) mass is 449 g/mol. The summed E-state index contributed by atoms with van der Waals surface area (Å²) in [6.45, 7) is 4.38. The van der Waals surface area contributed by atoms with Gasteiger partial charge in [-0.15, -0.1) is 24.0 Å². The Labute approximate surface area is 165 Å². The summed E-state index contributed by atoms with van der Waals surface area (Å²) in [5.74, 6) is 2.97. The summed E-state index contributed by atoms with van der Waals surface area (Å²) in [5.41, 5.74) is 0.429. The van der Waals surface area contributed by atoms with Crippen LogP contribution in [0.4, 0.5) is 0 Å². The van der Waals surface area contributed by atoms with Gasteiger partial charge in [-0.25, -0.2) is 0 Å². The second kappa shape index (κ2) is 9.60. The molecule has 0 bridgehead atoms. The Morgan fingerprint density at radius 1 is 1.12 bits per heavy atom. The molecular weight excluding hydrogens is 413 g/mol. The number of fused-ring (bicyclic) bond motifs is 1. The predicted molar refractivity (Wildman–Crippen MR) is 111 cm³/mol. The zero-order valence-electron chi connectivity index (χ0n) is 15.6. The van der Waals surface area contributed by atoms with Gasteiger partial charge in [-0.3, -0.25) is 4.99 Å². The van der Waals surface area contributed by atoms with Gasteiger partial charge in [-0.2, -0.15) is 0 Å². The molecule has 1 N–H and O–H groups in total. The number of hydrogen-bond donors (Lipinski definition) is 1. The molecule has 0 aromatic carbocycles. The molecule has 24 heavy (non-hydrogen) atoms. The fraction of sp³-hybridized carbons (Fsp3) is 0.947. The number of rotatable bonds is 5. The topological polar surface area (TPSA) is 36.9 Å². The normalized spacial score (nSPS) is 29.2. The second-order valence-electron chi connectivity index (χ2n) is 8.06. The number of halogens is 1. The number of ether oxygens (including phenoxy) is 1. The highest BCUT2D eigenvalue weighted by atomic mass is 127. The average molecular weight is 449 g/mol. The van der Waals surface area contributed by atoms with E-state index in [0.717, 1.165) is 30.9 Å². The highest BCUT2D eigenvalue weighted by Crippen LogP contribution is 2.41. The molecule has 0 aromatic rings. The molecule has 0 amide bonds. The summed E-state index contributed by atoms with van der Waals surface area (Å²) >= 11 is 0. The molecule has 0 spiro atoms. The first kappa shape index (κ1) is 20.3. The van der Waals surface area contributed by atoms with Crippen LogP contribution in [0.5, 0.6) is 0 Å². The van der Waals surface area contributed by atoms with Gasteiger partial charge >= 0.3 is 0 Å². The lowest BCUT2D eigenvalue weighted by Crippen LogP contribution is -2.45. The summed E-state index contributed by atoms with van der Waals surface area (Å²) in [5, 5.41) is 3.73. The Bertz CT molecular complexity index is 395. The minimum atomic E-state index is 0. The van der Waals surface area contributed by atoms with E-state index in [4.69, 9.17) is 4.74 Å². The highest BCUT2D eigenvalue weighted by molar-refractivity contribution is 14.0. The number of guanidine groups is 1. The third-order valence-electron chi connectivity index (χ3n) is 6.61. The smallest absolute Gasteiger partial charge is 0.193 e. The van der Waals surface area contributed by atoms with Crippen LogP contribution in [0.2, 0.25) is 0 Å². The molecule has 140 valence electrons. The maximum absolute atomic E-state index is 5.36. The van der Waals surface area contributed by atoms with Gasteiger partial charge in [-0.05, 0) is 49.4 Å². The summed E-state index contributed by atoms with van der Waals surface area (Å²) in [6, 6.07) is 0. The Morgan fingerprint density at radius 3 is 2.29 bits per heavy atom. The zero-order valence-corrected chi connectivity index (χ0v) is 17.9. The summed E-state index contributed by atoms with van der Waals surface area (Å²) in [7, 11) is 3.77. The van der Waals surface area contributed by atoms with E-state index in [1.165, 1.54) is 70.9 Å². The van der Waals surface area contributed by atoms with Gasteiger partial charge in [0.25, 0.3) is 0 Å². The zero-order chi connectivity index (χ0) is 16.1. The first-order valence-electron chi connectivity index (χ1n) is 9.71. The van der Waals surface area contributed by atoms with Crippen LogP contribution in [0.3, 0.4) is 0 Å². The third-order valence-corrected chi connectivity index (χ3v) is 6.61. The van der Waals surface area contributed by atoms with Crippen molar-refractivity contribution in [1.82, 2.24) is 10.2 Å². The van der Waals surface area contributed by atoms with Crippen molar-refractivity contribution in [3.63, 3.8) is 0 Å². The van der Waals surface area contributed by atoms with E-state index in [1.54, 1.807) is 0 Å². The molecule has 2 saturated carbocycles. The van der Waals surface area contributed by atoms with Crippen molar-refractivity contribution in [3.8, 4) is 0 Å². The minimum absolute atomic E-state index is 0. The fourth-order valence-electron chi connectivity index (χ4n) is 5.14. The number of likely N-dealkylation sites (tertiary alicyclic amines) is 1. The third kappa shape index (κ3) is 4.77. The number of hydrogen-bond acceptors (Lipinski definition) is 2. The summed E-state index contributed by atoms with van der Waals surface area (Å²) in [6.07, 6.45) is 12.3. The number of nitrogens with one attached hydrogen (secondary N) is 1. The van der Waals surface area contributed by atoms with Crippen LogP contribution in [-0.2, 0) is 4.74 Å². The van der Waals surface area contributed by atoms with Crippen molar-refractivity contribution < 1.29 is 4.74 Å². The maximum Gasteiger partial charge on any atom is 0.193 e. The van der Waals surface area contributed by atoms with Gasteiger partial charge in [0.05, 0.1) is 0 Å². The molecule has 1 aliphatic heterocycles. The predicted octanol–water partition coefficient (Wildman–Crippen LogP) is 3.90. The maximum atomic E-state index is 5.36. The molecule has 4 nitrogen and oxygen atoms in total. The Kier molecular flexibility index (Phi) is 8.11. The van der Waals surface area contributed by atoms with Crippen molar-refractivity contribution in [1.29, 1.82) is 0 Å². The van der Waals surface area contributed by atoms with E-state index >= 15 is 0 Å². The van der Waals surface area contributed by atoms with Crippen LogP contribution in [-0.4, -0.2) is 51.3 Å². The lowest BCUT2D eigenvalue weighted by Gasteiger charge is -2.31. The van der Waals surface area contributed by atoms with Gasteiger partial charge < -0.3 is 15.0 Å². The molecule has 5 heteroatoms. The largest absolute Gasteiger partial charge is 0.385 e. The molecule has 3 rings (SSSR count). The minimum Gasteiger partial charge on any atom is -0.385 e. The number of methoxy groups -OCH3 is 1. The molecule has 3 fully saturated rings. The molecule has 0 radical (unpaired) electrons. The first-order chi connectivity index (χ1) is 11.3.